The lowest BCUT2D eigenvalue weighted by Crippen LogP contribution is -2.29. The van der Waals surface area contributed by atoms with Gasteiger partial charge in [0, 0.05) is 29.4 Å². The molecule has 0 atom stereocenters. The molecule has 1 N–H and O–H groups in total. The van der Waals surface area contributed by atoms with Gasteiger partial charge < -0.3 is 19.5 Å². The van der Waals surface area contributed by atoms with Gasteiger partial charge in [0.2, 0.25) is 11.7 Å². The van der Waals surface area contributed by atoms with Gasteiger partial charge in [0.1, 0.15) is 6.54 Å². The van der Waals surface area contributed by atoms with Gasteiger partial charge in [0.15, 0.2) is 11.5 Å². The van der Waals surface area contributed by atoms with Gasteiger partial charge >= 0.3 is 0 Å². The topological polar surface area (TPSA) is 91.7 Å². The van der Waals surface area contributed by atoms with Crippen molar-refractivity contribution in [2.75, 3.05) is 26.6 Å². The van der Waals surface area contributed by atoms with Crippen molar-refractivity contribution in [3.8, 4) is 28.5 Å². The summed E-state index contributed by atoms with van der Waals surface area (Å²) in [6.45, 7) is -0.256. The van der Waals surface area contributed by atoms with Gasteiger partial charge in [-0.1, -0.05) is 42.5 Å². The number of aromatic nitrogens is 2. The lowest BCUT2D eigenvalue weighted by Gasteiger charge is -2.15. The molecule has 0 aliphatic rings. The molecular weight excluding hydrogens is 422 g/mol. The number of amides is 1. The van der Waals surface area contributed by atoms with E-state index in [4.69, 9.17) is 14.2 Å². The van der Waals surface area contributed by atoms with Crippen molar-refractivity contribution >= 4 is 22.4 Å². The van der Waals surface area contributed by atoms with Crippen LogP contribution in [-0.2, 0) is 11.3 Å². The smallest absolute Gasteiger partial charge is 0.267 e. The highest BCUT2D eigenvalue weighted by molar-refractivity contribution is 5.95. The van der Waals surface area contributed by atoms with Crippen LogP contribution in [0.1, 0.15) is 0 Å². The molecule has 1 aromatic heterocycles. The van der Waals surface area contributed by atoms with E-state index in [-0.39, 0.29) is 12.1 Å². The van der Waals surface area contributed by atoms with E-state index >= 15 is 0 Å². The van der Waals surface area contributed by atoms with Crippen LogP contribution in [0.25, 0.3) is 22.0 Å². The Morgan fingerprint density at radius 2 is 1.61 bits per heavy atom. The Kier molecular flexibility index (Phi) is 6.26. The Labute approximate surface area is 190 Å². The molecule has 0 aliphatic heterocycles. The van der Waals surface area contributed by atoms with Crippen molar-refractivity contribution in [1.29, 1.82) is 0 Å². The predicted molar refractivity (Wildman–Crippen MR) is 126 cm³/mol. The Morgan fingerprint density at radius 1 is 0.909 bits per heavy atom. The van der Waals surface area contributed by atoms with E-state index in [1.54, 1.807) is 18.2 Å². The molecule has 4 rings (SSSR count). The summed E-state index contributed by atoms with van der Waals surface area (Å²) >= 11 is 0. The van der Waals surface area contributed by atoms with Crippen molar-refractivity contribution < 1.29 is 19.0 Å². The molecular formula is C25H23N3O5. The van der Waals surface area contributed by atoms with Crippen LogP contribution in [0.3, 0.4) is 0 Å². The van der Waals surface area contributed by atoms with Crippen molar-refractivity contribution in [3.63, 3.8) is 0 Å². The highest BCUT2D eigenvalue weighted by Crippen LogP contribution is 2.39. The molecule has 0 saturated heterocycles. The highest BCUT2D eigenvalue weighted by atomic mass is 16.5. The summed E-state index contributed by atoms with van der Waals surface area (Å²) in [5, 5.41) is 9.27. The zero-order valence-electron chi connectivity index (χ0n) is 18.5. The second kappa shape index (κ2) is 9.44. The predicted octanol–water partition coefficient (Wildman–Crippen LogP) is 3.73. The van der Waals surface area contributed by atoms with Crippen molar-refractivity contribution in [3.05, 3.63) is 77.1 Å². The third-order valence-corrected chi connectivity index (χ3v) is 5.17. The Hall–Kier alpha value is -4.33. The SMILES string of the molecule is COc1cc(NC(=O)Cn2nc(-c3cccc4ccccc34)ccc2=O)cc(OC)c1OC. The first-order valence-electron chi connectivity index (χ1n) is 10.2. The fraction of sp³-hybridized carbons (Fsp3) is 0.160. The van der Waals surface area contributed by atoms with E-state index in [9.17, 15) is 9.59 Å². The van der Waals surface area contributed by atoms with E-state index in [0.29, 0.717) is 28.6 Å². The van der Waals surface area contributed by atoms with E-state index in [1.165, 1.54) is 27.4 Å². The van der Waals surface area contributed by atoms with Crippen LogP contribution in [0, 0.1) is 0 Å². The van der Waals surface area contributed by atoms with Crippen LogP contribution < -0.4 is 25.1 Å². The summed E-state index contributed by atoms with van der Waals surface area (Å²) in [5.41, 5.74) is 1.55. The number of nitrogens with one attached hydrogen (secondary N) is 1. The maximum absolute atomic E-state index is 12.7. The summed E-state index contributed by atoms with van der Waals surface area (Å²) in [4.78, 5) is 25.1. The lowest BCUT2D eigenvalue weighted by molar-refractivity contribution is -0.117. The summed E-state index contributed by atoms with van der Waals surface area (Å²) in [6.07, 6.45) is 0. The van der Waals surface area contributed by atoms with Crippen molar-refractivity contribution in [1.82, 2.24) is 9.78 Å². The number of carbonyl (C=O) groups is 1. The van der Waals surface area contributed by atoms with Crippen LogP contribution in [-0.4, -0.2) is 37.0 Å². The van der Waals surface area contributed by atoms with Gasteiger partial charge in [-0.15, -0.1) is 0 Å². The summed E-state index contributed by atoms with van der Waals surface area (Å²) in [6, 6.07) is 20.1. The van der Waals surface area contributed by atoms with E-state index < -0.39 is 5.91 Å². The molecule has 0 bridgehead atoms. The maximum atomic E-state index is 12.7. The summed E-state index contributed by atoms with van der Waals surface area (Å²) < 4.78 is 17.1. The minimum absolute atomic E-state index is 0.256. The minimum atomic E-state index is -0.422. The van der Waals surface area contributed by atoms with Crippen LogP contribution in [0.4, 0.5) is 5.69 Å². The quantitative estimate of drug-likeness (QED) is 0.466. The zero-order chi connectivity index (χ0) is 23.4. The Bertz CT molecular complexity index is 1350. The maximum Gasteiger partial charge on any atom is 0.267 e. The second-order valence-electron chi connectivity index (χ2n) is 7.20. The van der Waals surface area contributed by atoms with Crippen LogP contribution in [0.15, 0.2) is 71.5 Å². The number of rotatable bonds is 7. The molecule has 8 nitrogen and oxygen atoms in total. The first kappa shape index (κ1) is 21.9. The fourth-order valence-corrected chi connectivity index (χ4v) is 3.64. The van der Waals surface area contributed by atoms with Crippen molar-refractivity contribution in [2.45, 2.75) is 6.54 Å². The second-order valence-corrected chi connectivity index (χ2v) is 7.20. The normalized spacial score (nSPS) is 10.6. The molecule has 0 spiro atoms. The molecule has 0 fully saturated rings. The van der Waals surface area contributed by atoms with Gasteiger partial charge in [-0.05, 0) is 16.8 Å². The number of nitrogens with zero attached hydrogens (tertiary/aromatic N) is 2. The fourth-order valence-electron chi connectivity index (χ4n) is 3.64. The Morgan fingerprint density at radius 3 is 2.30 bits per heavy atom. The molecule has 1 heterocycles. The number of hydrogen-bond acceptors (Lipinski definition) is 6. The van der Waals surface area contributed by atoms with Gasteiger partial charge in [0.25, 0.3) is 5.56 Å². The molecule has 0 radical (unpaired) electrons. The summed E-state index contributed by atoms with van der Waals surface area (Å²) in [5.74, 6) is 0.799. The first-order valence-corrected chi connectivity index (χ1v) is 10.2. The largest absolute Gasteiger partial charge is 0.493 e. The number of methoxy groups -OCH3 is 3. The van der Waals surface area contributed by atoms with Gasteiger partial charge in [-0.2, -0.15) is 5.10 Å². The van der Waals surface area contributed by atoms with E-state index in [0.717, 1.165) is 21.0 Å². The molecule has 1 amide bonds. The lowest BCUT2D eigenvalue weighted by atomic mass is 10.0. The van der Waals surface area contributed by atoms with Gasteiger partial charge in [0.05, 0.1) is 27.0 Å². The number of carbonyl (C=O) groups excluding carboxylic acids is 1. The molecule has 4 aromatic rings. The molecule has 168 valence electrons. The monoisotopic (exact) mass is 445 g/mol. The average Bonchev–Trinajstić information content (AvgIpc) is 2.84. The number of fused-ring (bicyclic) bond motifs is 1. The van der Waals surface area contributed by atoms with Crippen LogP contribution in [0.5, 0.6) is 17.2 Å². The summed E-state index contributed by atoms with van der Waals surface area (Å²) in [7, 11) is 4.48. The first-order chi connectivity index (χ1) is 16.0. The molecule has 0 aliphatic carbocycles. The average molecular weight is 445 g/mol. The standard InChI is InChI=1S/C25H23N3O5/c1-31-21-13-17(14-22(32-2)25(21)33-3)26-23(29)15-28-24(30)12-11-20(27-28)19-10-6-8-16-7-4-5-9-18(16)19/h4-14H,15H2,1-3H3,(H,26,29). The number of ether oxygens (including phenoxy) is 3. The van der Waals surface area contributed by atoms with Gasteiger partial charge in [-0.3, -0.25) is 9.59 Å². The minimum Gasteiger partial charge on any atom is -0.493 e. The number of hydrogen-bond donors (Lipinski definition) is 1. The third kappa shape index (κ3) is 4.50. The zero-order valence-corrected chi connectivity index (χ0v) is 18.5. The van der Waals surface area contributed by atoms with E-state index in [2.05, 4.69) is 10.4 Å². The number of benzene rings is 3. The van der Waals surface area contributed by atoms with Gasteiger partial charge in [-0.25, -0.2) is 4.68 Å². The molecule has 8 heteroatoms. The molecule has 0 unspecified atom stereocenters. The third-order valence-electron chi connectivity index (χ3n) is 5.17. The van der Waals surface area contributed by atoms with E-state index in [1.807, 2.05) is 42.5 Å². The number of anilines is 1. The molecule has 3 aromatic carbocycles. The molecule has 33 heavy (non-hydrogen) atoms. The Balaban J connectivity index is 1.61. The van der Waals surface area contributed by atoms with Crippen LogP contribution >= 0.6 is 0 Å². The van der Waals surface area contributed by atoms with Crippen LogP contribution in [0.2, 0.25) is 0 Å². The van der Waals surface area contributed by atoms with Crippen molar-refractivity contribution in [2.24, 2.45) is 0 Å². The molecule has 0 saturated carbocycles. The highest BCUT2D eigenvalue weighted by Gasteiger charge is 2.15.